The van der Waals surface area contributed by atoms with Crippen molar-refractivity contribution in [2.24, 2.45) is 0 Å². The van der Waals surface area contributed by atoms with Gasteiger partial charge in [-0.15, -0.1) is 0 Å². The molecule has 0 fully saturated rings. The van der Waals surface area contributed by atoms with Gasteiger partial charge >= 0.3 is 0 Å². The molecule has 0 saturated carbocycles. The normalized spacial score (nSPS) is 12.1. The second kappa shape index (κ2) is 18.0. The number of hydrogen-bond donors (Lipinski definition) is 0. The van der Waals surface area contributed by atoms with Crippen LogP contribution >= 0.6 is 0 Å². The molecular weight excluding hydrogens is 240 g/mol. The number of allylic oxidation sites excluding steroid dienone is 7. The van der Waals surface area contributed by atoms with Crippen LogP contribution in [-0.2, 0) is 0 Å². The van der Waals surface area contributed by atoms with E-state index in [0.29, 0.717) is 0 Å². The molecule has 0 aliphatic carbocycles. The fourth-order valence-corrected chi connectivity index (χ4v) is 2.13. The summed E-state index contributed by atoms with van der Waals surface area (Å²) in [6.45, 7) is 5.92. The first-order chi connectivity index (χ1) is 9.91. The van der Waals surface area contributed by atoms with Gasteiger partial charge in [-0.3, -0.25) is 0 Å². The molecule has 0 saturated heterocycles. The Morgan fingerprint density at radius 1 is 0.650 bits per heavy atom. The molecule has 0 aliphatic heterocycles. The van der Waals surface area contributed by atoms with Crippen LogP contribution in [0, 0.1) is 0 Å². The Hall–Kier alpha value is -1.04. The molecule has 0 aromatic rings. The molecule has 20 heavy (non-hydrogen) atoms. The topological polar surface area (TPSA) is 0 Å². The summed E-state index contributed by atoms with van der Waals surface area (Å²) in [5, 5.41) is 0. The molecule has 0 heteroatoms. The Labute approximate surface area is 127 Å². The molecule has 0 unspecified atom stereocenters. The van der Waals surface area contributed by atoms with E-state index in [1.807, 2.05) is 12.2 Å². The first-order valence-corrected chi connectivity index (χ1v) is 8.49. The summed E-state index contributed by atoms with van der Waals surface area (Å²) in [4.78, 5) is 0. The summed E-state index contributed by atoms with van der Waals surface area (Å²) in [6, 6.07) is 0. The predicted molar refractivity (Wildman–Crippen MR) is 94.1 cm³/mol. The summed E-state index contributed by atoms with van der Waals surface area (Å²) in [5.74, 6) is 0. The summed E-state index contributed by atoms with van der Waals surface area (Å²) in [7, 11) is 0. The van der Waals surface area contributed by atoms with E-state index in [0.717, 1.165) is 12.8 Å². The van der Waals surface area contributed by atoms with Gasteiger partial charge in [0, 0.05) is 0 Å². The van der Waals surface area contributed by atoms with Crippen molar-refractivity contribution in [2.75, 3.05) is 0 Å². The summed E-state index contributed by atoms with van der Waals surface area (Å²) in [5.41, 5.74) is 0. The largest absolute Gasteiger partial charge is 0.0991 e. The van der Waals surface area contributed by atoms with Crippen molar-refractivity contribution in [3.63, 3.8) is 0 Å². The fourth-order valence-electron chi connectivity index (χ4n) is 2.13. The highest BCUT2D eigenvalue weighted by Crippen LogP contribution is 2.09. The van der Waals surface area contributed by atoms with Crippen molar-refractivity contribution in [1.82, 2.24) is 0 Å². The standard InChI is InChI=1S/C20H34/c1-3-5-7-9-11-13-15-17-19-20-18-16-14-12-10-8-6-4-2/h3,5,7,11,13,17,19H,1,4,6,8-10,12,14-16,18,20H2,2H3/b7-5-,13-11-,19-17-. The zero-order valence-electron chi connectivity index (χ0n) is 13.5. The van der Waals surface area contributed by atoms with Crippen LogP contribution in [0.25, 0.3) is 0 Å². The molecule has 0 aromatic heterocycles. The number of unbranched alkanes of at least 4 members (excludes halogenated alkanes) is 8. The minimum atomic E-state index is 1.01. The highest BCUT2D eigenvalue weighted by Gasteiger charge is 1.90. The monoisotopic (exact) mass is 274 g/mol. The van der Waals surface area contributed by atoms with Gasteiger partial charge < -0.3 is 0 Å². The van der Waals surface area contributed by atoms with Crippen molar-refractivity contribution >= 4 is 0 Å². The van der Waals surface area contributed by atoms with Gasteiger partial charge in [-0.25, -0.2) is 0 Å². The van der Waals surface area contributed by atoms with Crippen LogP contribution in [0.2, 0.25) is 0 Å². The molecule has 114 valence electrons. The third-order valence-corrected chi connectivity index (χ3v) is 3.37. The van der Waals surface area contributed by atoms with Gasteiger partial charge in [-0.2, -0.15) is 0 Å². The van der Waals surface area contributed by atoms with Gasteiger partial charge in [0.1, 0.15) is 0 Å². The molecule has 0 rings (SSSR count). The third kappa shape index (κ3) is 17.0. The maximum Gasteiger partial charge on any atom is -0.0166 e. The smallest absolute Gasteiger partial charge is 0.0166 e. The van der Waals surface area contributed by atoms with E-state index in [1.165, 1.54) is 57.8 Å². The molecule has 0 bridgehead atoms. The van der Waals surface area contributed by atoms with Crippen LogP contribution in [0.4, 0.5) is 0 Å². The summed E-state index contributed by atoms with van der Waals surface area (Å²) < 4.78 is 0. The van der Waals surface area contributed by atoms with Gasteiger partial charge in [0.25, 0.3) is 0 Å². The fraction of sp³-hybridized carbons (Fsp3) is 0.600. The van der Waals surface area contributed by atoms with Crippen LogP contribution in [0.1, 0.15) is 77.6 Å². The maximum atomic E-state index is 3.65. The van der Waals surface area contributed by atoms with E-state index in [2.05, 4.69) is 43.9 Å². The highest BCUT2D eigenvalue weighted by molar-refractivity contribution is 5.02. The van der Waals surface area contributed by atoms with Crippen LogP contribution in [-0.4, -0.2) is 0 Å². The van der Waals surface area contributed by atoms with E-state index in [1.54, 1.807) is 0 Å². The van der Waals surface area contributed by atoms with Crippen LogP contribution < -0.4 is 0 Å². The van der Waals surface area contributed by atoms with Crippen molar-refractivity contribution in [3.8, 4) is 0 Å². The Morgan fingerprint density at radius 3 is 1.85 bits per heavy atom. The number of hydrogen-bond acceptors (Lipinski definition) is 0. The van der Waals surface area contributed by atoms with E-state index in [4.69, 9.17) is 0 Å². The molecule has 0 aliphatic rings. The first-order valence-electron chi connectivity index (χ1n) is 8.49. The third-order valence-electron chi connectivity index (χ3n) is 3.37. The van der Waals surface area contributed by atoms with Crippen LogP contribution in [0.5, 0.6) is 0 Å². The van der Waals surface area contributed by atoms with Crippen molar-refractivity contribution in [3.05, 3.63) is 49.1 Å². The average molecular weight is 274 g/mol. The van der Waals surface area contributed by atoms with Gasteiger partial charge in [0.2, 0.25) is 0 Å². The lowest BCUT2D eigenvalue weighted by Gasteiger charge is -1.99. The molecule has 0 radical (unpaired) electrons. The predicted octanol–water partition coefficient (Wildman–Crippen LogP) is 7.15. The lowest BCUT2D eigenvalue weighted by Crippen LogP contribution is -1.79. The molecule has 0 nitrogen and oxygen atoms in total. The highest BCUT2D eigenvalue weighted by atomic mass is 14.0. The zero-order valence-corrected chi connectivity index (χ0v) is 13.5. The van der Waals surface area contributed by atoms with E-state index < -0.39 is 0 Å². The Balaban J connectivity index is 3.19. The summed E-state index contributed by atoms with van der Waals surface area (Å²) >= 11 is 0. The lowest BCUT2D eigenvalue weighted by atomic mass is 10.1. The Morgan fingerprint density at radius 2 is 1.20 bits per heavy atom. The summed E-state index contributed by atoms with van der Waals surface area (Å²) in [6.07, 6.45) is 29.6. The molecule has 0 spiro atoms. The Bertz CT molecular complexity index is 268. The molecule has 0 amide bonds. The van der Waals surface area contributed by atoms with Crippen molar-refractivity contribution < 1.29 is 0 Å². The van der Waals surface area contributed by atoms with E-state index in [-0.39, 0.29) is 0 Å². The second-order valence-electron chi connectivity index (χ2n) is 5.34. The second-order valence-corrected chi connectivity index (χ2v) is 5.34. The average Bonchev–Trinajstić information content (AvgIpc) is 2.47. The minimum absolute atomic E-state index is 1.01. The Kier molecular flexibility index (Phi) is 17.0. The zero-order chi connectivity index (χ0) is 14.7. The van der Waals surface area contributed by atoms with Crippen molar-refractivity contribution in [1.29, 1.82) is 0 Å². The van der Waals surface area contributed by atoms with Crippen LogP contribution in [0.15, 0.2) is 49.1 Å². The molecule has 0 N–H and O–H groups in total. The first kappa shape index (κ1) is 19.0. The lowest BCUT2D eigenvalue weighted by molar-refractivity contribution is 0.577. The molecule has 0 heterocycles. The SMILES string of the molecule is C=C/C=C\C/C=C\C/C=C\CCCCCCCCCC. The maximum absolute atomic E-state index is 3.65. The van der Waals surface area contributed by atoms with Gasteiger partial charge in [-0.05, 0) is 25.7 Å². The molecule has 0 atom stereocenters. The van der Waals surface area contributed by atoms with Gasteiger partial charge in [-0.1, -0.05) is 101 Å². The molecular formula is C20H34. The number of rotatable bonds is 14. The minimum Gasteiger partial charge on any atom is -0.0991 e. The van der Waals surface area contributed by atoms with Gasteiger partial charge in [0.15, 0.2) is 0 Å². The quantitative estimate of drug-likeness (QED) is 0.179. The van der Waals surface area contributed by atoms with Crippen LogP contribution in [0.3, 0.4) is 0 Å². The van der Waals surface area contributed by atoms with E-state index >= 15 is 0 Å². The van der Waals surface area contributed by atoms with Gasteiger partial charge in [0.05, 0.1) is 0 Å². The van der Waals surface area contributed by atoms with Crippen molar-refractivity contribution in [2.45, 2.75) is 77.6 Å². The van der Waals surface area contributed by atoms with E-state index in [9.17, 15) is 0 Å². The molecule has 0 aromatic carbocycles.